The van der Waals surface area contributed by atoms with Gasteiger partial charge in [0.1, 0.15) is 13.2 Å². The van der Waals surface area contributed by atoms with Crippen molar-refractivity contribution in [2.75, 3.05) is 41.8 Å². The zero-order valence-electron chi connectivity index (χ0n) is 17.5. The zero-order chi connectivity index (χ0) is 21.9. The van der Waals surface area contributed by atoms with Gasteiger partial charge in [0.25, 0.3) is 5.91 Å². The van der Waals surface area contributed by atoms with Crippen molar-refractivity contribution in [2.24, 2.45) is 0 Å². The van der Waals surface area contributed by atoms with Crippen LogP contribution in [0.2, 0.25) is 0 Å². The number of benzene rings is 3. The van der Waals surface area contributed by atoms with E-state index in [4.69, 9.17) is 9.47 Å². The van der Waals surface area contributed by atoms with Crippen LogP contribution in [0.5, 0.6) is 11.5 Å². The highest BCUT2D eigenvalue weighted by molar-refractivity contribution is 6.08. The van der Waals surface area contributed by atoms with Crippen LogP contribution in [0, 0.1) is 0 Å². The fourth-order valence-corrected chi connectivity index (χ4v) is 4.02. The molecule has 0 saturated heterocycles. The minimum Gasteiger partial charge on any atom is -0.486 e. The summed E-state index contributed by atoms with van der Waals surface area (Å²) in [6, 6.07) is 20.4. The predicted octanol–water partition coefficient (Wildman–Crippen LogP) is 3.71. The summed E-state index contributed by atoms with van der Waals surface area (Å²) in [5.41, 5.74) is 3.81. The van der Waals surface area contributed by atoms with E-state index in [2.05, 4.69) is 10.6 Å². The molecule has 0 aromatic heterocycles. The Bertz CT molecular complexity index is 1180. The van der Waals surface area contributed by atoms with Gasteiger partial charge in [-0.3, -0.25) is 9.59 Å². The van der Waals surface area contributed by atoms with Gasteiger partial charge in [-0.15, -0.1) is 0 Å². The molecule has 7 nitrogen and oxygen atoms in total. The molecule has 2 N–H and O–H groups in total. The summed E-state index contributed by atoms with van der Waals surface area (Å²) in [4.78, 5) is 27.6. The van der Waals surface area contributed by atoms with Gasteiger partial charge in [-0.25, -0.2) is 0 Å². The Hall–Kier alpha value is -4.00. The first-order valence-electron chi connectivity index (χ1n) is 10.6. The van der Waals surface area contributed by atoms with Crippen LogP contribution in [0.1, 0.15) is 15.9 Å². The van der Waals surface area contributed by atoms with Gasteiger partial charge in [0.2, 0.25) is 5.91 Å². The molecule has 0 bridgehead atoms. The normalized spacial score (nSPS) is 13.9. The number of amides is 2. The van der Waals surface area contributed by atoms with Gasteiger partial charge in [0.05, 0.1) is 12.1 Å². The SMILES string of the molecule is O=C(Nc1ccc2c(c1)OCCO2)c1ccccc1NCC(=O)N1CCc2ccccc21. The van der Waals surface area contributed by atoms with E-state index in [1.165, 1.54) is 5.56 Å². The fraction of sp³-hybridized carbons (Fsp3) is 0.200. The molecule has 32 heavy (non-hydrogen) atoms. The Kier molecular flexibility index (Phi) is 5.37. The number of nitrogens with zero attached hydrogens (tertiary/aromatic N) is 1. The number of nitrogens with one attached hydrogen (secondary N) is 2. The van der Waals surface area contributed by atoms with Crippen LogP contribution >= 0.6 is 0 Å². The number of para-hydroxylation sites is 2. The van der Waals surface area contributed by atoms with E-state index in [0.717, 1.165) is 12.1 Å². The molecule has 2 heterocycles. The molecule has 0 saturated carbocycles. The Morgan fingerprint density at radius 2 is 1.69 bits per heavy atom. The van der Waals surface area contributed by atoms with E-state index in [9.17, 15) is 9.59 Å². The third kappa shape index (κ3) is 3.97. The maximum absolute atomic E-state index is 12.9. The van der Waals surface area contributed by atoms with Gasteiger partial charge in [0, 0.05) is 29.7 Å². The van der Waals surface area contributed by atoms with Gasteiger partial charge in [0.15, 0.2) is 11.5 Å². The molecule has 7 heteroatoms. The second-order valence-corrected chi connectivity index (χ2v) is 7.64. The van der Waals surface area contributed by atoms with Crippen molar-refractivity contribution in [3.63, 3.8) is 0 Å². The molecule has 0 fully saturated rings. The van der Waals surface area contributed by atoms with Gasteiger partial charge in [-0.05, 0) is 42.3 Å². The molecular weight excluding hydrogens is 406 g/mol. The van der Waals surface area contributed by atoms with E-state index < -0.39 is 0 Å². The van der Waals surface area contributed by atoms with E-state index in [1.807, 2.05) is 30.3 Å². The minimum absolute atomic E-state index is 0.0306. The standard InChI is InChI=1S/C25H23N3O4/c29-24(28-12-11-17-5-1-4-8-21(17)28)16-26-20-7-3-2-6-19(20)25(30)27-18-9-10-22-23(15-18)32-14-13-31-22/h1-10,15,26H,11-14,16H2,(H,27,30). The maximum Gasteiger partial charge on any atom is 0.257 e. The highest BCUT2D eigenvalue weighted by Crippen LogP contribution is 2.33. The minimum atomic E-state index is -0.274. The van der Waals surface area contributed by atoms with Crippen LogP contribution in [-0.4, -0.2) is 38.1 Å². The monoisotopic (exact) mass is 429 g/mol. The smallest absolute Gasteiger partial charge is 0.257 e. The summed E-state index contributed by atoms with van der Waals surface area (Å²) < 4.78 is 11.1. The number of carbonyl (C=O) groups is 2. The third-order valence-electron chi connectivity index (χ3n) is 5.59. The summed E-state index contributed by atoms with van der Waals surface area (Å²) in [6.45, 7) is 1.76. The first-order valence-corrected chi connectivity index (χ1v) is 10.6. The predicted molar refractivity (Wildman–Crippen MR) is 123 cm³/mol. The molecule has 5 rings (SSSR count). The third-order valence-corrected chi connectivity index (χ3v) is 5.59. The second-order valence-electron chi connectivity index (χ2n) is 7.64. The molecule has 3 aromatic rings. The lowest BCUT2D eigenvalue weighted by molar-refractivity contribution is -0.116. The molecule has 0 atom stereocenters. The van der Waals surface area contributed by atoms with Crippen LogP contribution in [0.25, 0.3) is 0 Å². The van der Waals surface area contributed by atoms with Gasteiger partial charge >= 0.3 is 0 Å². The number of carbonyl (C=O) groups excluding carboxylic acids is 2. The molecule has 0 radical (unpaired) electrons. The largest absolute Gasteiger partial charge is 0.486 e. The zero-order valence-corrected chi connectivity index (χ0v) is 17.5. The Morgan fingerprint density at radius 1 is 0.906 bits per heavy atom. The van der Waals surface area contributed by atoms with Crippen molar-refractivity contribution in [1.82, 2.24) is 0 Å². The summed E-state index contributed by atoms with van der Waals surface area (Å²) in [6.07, 6.45) is 0.858. The lowest BCUT2D eigenvalue weighted by atomic mass is 10.1. The molecule has 3 aromatic carbocycles. The Balaban J connectivity index is 1.27. The lowest BCUT2D eigenvalue weighted by Crippen LogP contribution is -2.34. The lowest BCUT2D eigenvalue weighted by Gasteiger charge is -2.20. The quantitative estimate of drug-likeness (QED) is 0.646. The number of rotatable bonds is 5. The topological polar surface area (TPSA) is 79.9 Å². The van der Waals surface area contributed by atoms with Crippen LogP contribution in [0.4, 0.5) is 17.1 Å². The fourth-order valence-electron chi connectivity index (χ4n) is 4.02. The number of ether oxygens (including phenoxy) is 2. The first-order chi connectivity index (χ1) is 15.7. The molecular formula is C25H23N3O4. The summed E-state index contributed by atoms with van der Waals surface area (Å²) in [5, 5.41) is 6.04. The van der Waals surface area contributed by atoms with E-state index in [-0.39, 0.29) is 18.4 Å². The second kappa shape index (κ2) is 8.63. The summed E-state index contributed by atoms with van der Waals surface area (Å²) >= 11 is 0. The van der Waals surface area contributed by atoms with Crippen molar-refractivity contribution in [3.05, 3.63) is 77.9 Å². The molecule has 2 aliphatic heterocycles. The van der Waals surface area contributed by atoms with Crippen LogP contribution in [-0.2, 0) is 11.2 Å². The molecule has 2 aliphatic rings. The molecule has 0 aliphatic carbocycles. The van der Waals surface area contributed by atoms with Crippen molar-refractivity contribution >= 4 is 28.9 Å². The van der Waals surface area contributed by atoms with Crippen molar-refractivity contribution in [2.45, 2.75) is 6.42 Å². The first kappa shape index (κ1) is 19.9. The molecule has 0 unspecified atom stereocenters. The van der Waals surface area contributed by atoms with Crippen LogP contribution in [0.3, 0.4) is 0 Å². The van der Waals surface area contributed by atoms with Crippen LogP contribution in [0.15, 0.2) is 66.7 Å². The molecule has 0 spiro atoms. The maximum atomic E-state index is 12.9. The molecule has 2 amide bonds. The van der Waals surface area contributed by atoms with Gasteiger partial charge < -0.3 is 25.0 Å². The Morgan fingerprint density at radius 3 is 2.59 bits per heavy atom. The van der Waals surface area contributed by atoms with E-state index in [1.54, 1.807) is 41.3 Å². The number of fused-ring (bicyclic) bond motifs is 2. The highest BCUT2D eigenvalue weighted by atomic mass is 16.6. The average molecular weight is 429 g/mol. The van der Waals surface area contributed by atoms with Crippen molar-refractivity contribution < 1.29 is 19.1 Å². The van der Waals surface area contributed by atoms with Crippen LogP contribution < -0.4 is 25.0 Å². The highest BCUT2D eigenvalue weighted by Gasteiger charge is 2.24. The summed E-state index contributed by atoms with van der Waals surface area (Å²) in [5.74, 6) is 0.969. The number of anilines is 3. The Labute approximate surface area is 185 Å². The summed E-state index contributed by atoms with van der Waals surface area (Å²) in [7, 11) is 0. The number of hydrogen-bond acceptors (Lipinski definition) is 5. The number of hydrogen-bond donors (Lipinski definition) is 2. The van der Waals surface area contributed by atoms with E-state index in [0.29, 0.717) is 48.2 Å². The van der Waals surface area contributed by atoms with Gasteiger partial charge in [-0.2, -0.15) is 0 Å². The average Bonchev–Trinajstić information content (AvgIpc) is 3.27. The van der Waals surface area contributed by atoms with Crippen molar-refractivity contribution in [1.29, 1.82) is 0 Å². The van der Waals surface area contributed by atoms with Gasteiger partial charge in [-0.1, -0.05) is 30.3 Å². The van der Waals surface area contributed by atoms with E-state index >= 15 is 0 Å². The molecule has 162 valence electrons. The van der Waals surface area contributed by atoms with Crippen molar-refractivity contribution in [3.8, 4) is 11.5 Å².